The molecule has 25 heavy (non-hydrogen) atoms. The van der Waals surface area contributed by atoms with Crippen molar-refractivity contribution in [3.05, 3.63) is 0 Å². The van der Waals surface area contributed by atoms with E-state index in [1.165, 1.54) is 0 Å². The SMILES string of the molecule is O=C(CCCON(O)O)NC(CSC(=O)CCCON(O)O)C(=O)O. The van der Waals surface area contributed by atoms with Gasteiger partial charge in [-0.15, -0.1) is 0 Å². The van der Waals surface area contributed by atoms with Crippen molar-refractivity contribution in [2.75, 3.05) is 19.0 Å². The summed E-state index contributed by atoms with van der Waals surface area (Å²) < 4.78 is 0. The summed E-state index contributed by atoms with van der Waals surface area (Å²) in [5.74, 6) is -2.07. The number of hydrogen-bond donors (Lipinski definition) is 6. The van der Waals surface area contributed by atoms with E-state index >= 15 is 0 Å². The van der Waals surface area contributed by atoms with E-state index in [1.54, 1.807) is 0 Å². The van der Waals surface area contributed by atoms with Gasteiger partial charge in [-0.3, -0.25) is 40.1 Å². The van der Waals surface area contributed by atoms with Crippen molar-refractivity contribution in [1.82, 2.24) is 16.1 Å². The van der Waals surface area contributed by atoms with Gasteiger partial charge in [0.15, 0.2) is 5.12 Å². The van der Waals surface area contributed by atoms with Crippen molar-refractivity contribution in [3.63, 3.8) is 0 Å². The second-order valence-electron chi connectivity index (χ2n) is 4.52. The highest BCUT2D eigenvalue weighted by atomic mass is 32.2. The molecule has 1 unspecified atom stereocenters. The molecule has 0 aliphatic carbocycles. The molecule has 0 spiro atoms. The minimum Gasteiger partial charge on any atom is -0.480 e. The van der Waals surface area contributed by atoms with Crippen LogP contribution in [0.2, 0.25) is 0 Å². The van der Waals surface area contributed by atoms with E-state index in [0.29, 0.717) is 0 Å². The van der Waals surface area contributed by atoms with Gasteiger partial charge in [0.05, 0.1) is 24.0 Å². The summed E-state index contributed by atoms with van der Waals surface area (Å²) in [4.78, 5) is 42.7. The molecule has 0 saturated heterocycles. The second-order valence-corrected chi connectivity index (χ2v) is 5.60. The number of carboxylic acid groups (broad SMARTS) is 1. The molecule has 0 aromatic rings. The van der Waals surface area contributed by atoms with Gasteiger partial charge in [-0.2, -0.15) is 0 Å². The van der Waals surface area contributed by atoms with Crippen molar-refractivity contribution >= 4 is 28.8 Å². The molecule has 1 atom stereocenters. The fourth-order valence-corrected chi connectivity index (χ4v) is 2.30. The number of aliphatic carboxylic acids is 1. The van der Waals surface area contributed by atoms with Crippen molar-refractivity contribution in [2.45, 2.75) is 31.7 Å². The van der Waals surface area contributed by atoms with Crippen molar-refractivity contribution in [3.8, 4) is 0 Å². The number of rotatable bonds is 14. The Morgan fingerprint density at radius 2 is 1.48 bits per heavy atom. The average Bonchev–Trinajstić information content (AvgIpc) is 2.51. The first kappa shape index (κ1) is 23.6. The molecule has 0 heterocycles. The summed E-state index contributed by atoms with van der Waals surface area (Å²) in [5.41, 5.74) is 0. The van der Waals surface area contributed by atoms with Crippen LogP contribution in [0, 0.1) is 0 Å². The number of thioether (sulfide) groups is 1. The van der Waals surface area contributed by atoms with Crippen molar-refractivity contribution in [1.29, 1.82) is 0 Å². The number of nitrogens with one attached hydrogen (secondary N) is 1. The molecule has 0 rings (SSSR count). The predicted octanol–water partition coefficient (Wildman–Crippen LogP) is -0.600. The van der Waals surface area contributed by atoms with Gasteiger partial charge in [-0.05, 0) is 12.8 Å². The van der Waals surface area contributed by atoms with Crippen LogP contribution in [-0.4, -0.2) is 78.7 Å². The molecule has 14 heteroatoms. The largest absolute Gasteiger partial charge is 0.480 e. The number of carbonyl (C=O) groups excluding carboxylic acids is 2. The Morgan fingerprint density at radius 3 is 1.96 bits per heavy atom. The van der Waals surface area contributed by atoms with Gasteiger partial charge in [0.1, 0.15) is 6.04 Å². The van der Waals surface area contributed by atoms with Crippen LogP contribution in [0.4, 0.5) is 0 Å². The van der Waals surface area contributed by atoms with E-state index in [2.05, 4.69) is 15.0 Å². The van der Waals surface area contributed by atoms with Gasteiger partial charge in [-0.25, -0.2) is 4.79 Å². The summed E-state index contributed by atoms with van der Waals surface area (Å²) >= 11 is 0.720. The van der Waals surface area contributed by atoms with E-state index in [9.17, 15) is 14.4 Å². The highest BCUT2D eigenvalue weighted by Crippen LogP contribution is 2.10. The molecule has 0 fully saturated rings. The lowest BCUT2D eigenvalue weighted by Crippen LogP contribution is -2.42. The number of hydrogen-bond acceptors (Lipinski definition) is 12. The maximum absolute atomic E-state index is 11.6. The van der Waals surface area contributed by atoms with Crippen molar-refractivity contribution in [2.24, 2.45) is 0 Å². The maximum atomic E-state index is 11.6. The quantitative estimate of drug-likeness (QED) is 0.164. The van der Waals surface area contributed by atoms with Crippen molar-refractivity contribution < 1.29 is 50.0 Å². The first-order valence-corrected chi connectivity index (χ1v) is 8.00. The Balaban J connectivity index is 4.02. The molecule has 0 aliphatic heterocycles. The summed E-state index contributed by atoms with van der Waals surface area (Å²) in [6.45, 7) is -0.272. The van der Waals surface area contributed by atoms with E-state index in [-0.39, 0.29) is 49.8 Å². The zero-order valence-corrected chi connectivity index (χ0v) is 13.9. The summed E-state index contributed by atoms with van der Waals surface area (Å²) in [6.07, 6.45) is 0.232. The van der Waals surface area contributed by atoms with Crippen LogP contribution in [0.1, 0.15) is 25.7 Å². The van der Waals surface area contributed by atoms with Gasteiger partial charge in [0.2, 0.25) is 5.91 Å². The number of amides is 1. The lowest BCUT2D eigenvalue weighted by Gasteiger charge is -2.14. The van der Waals surface area contributed by atoms with Crippen LogP contribution in [-0.2, 0) is 24.1 Å². The number of carboxylic acids is 1. The van der Waals surface area contributed by atoms with E-state index in [4.69, 9.17) is 25.9 Å². The van der Waals surface area contributed by atoms with Crippen LogP contribution in [0.15, 0.2) is 0 Å². The Bertz CT molecular complexity index is 423. The van der Waals surface area contributed by atoms with Gasteiger partial charge >= 0.3 is 5.97 Å². The Labute approximate surface area is 146 Å². The minimum absolute atomic E-state index is 0.0228. The highest BCUT2D eigenvalue weighted by molar-refractivity contribution is 8.13. The lowest BCUT2D eigenvalue weighted by molar-refractivity contribution is -0.492. The molecular formula is C11H21N3O10S. The maximum Gasteiger partial charge on any atom is 0.327 e. The Hall–Kier alpha value is -1.36. The van der Waals surface area contributed by atoms with Gasteiger partial charge in [0, 0.05) is 18.6 Å². The summed E-state index contributed by atoms with van der Waals surface area (Å²) in [6, 6.07) is -1.27. The topological polar surface area (TPSA) is 189 Å². The van der Waals surface area contributed by atoms with Crippen LogP contribution < -0.4 is 5.32 Å². The average molecular weight is 387 g/mol. The third-order valence-electron chi connectivity index (χ3n) is 2.53. The van der Waals surface area contributed by atoms with Crippen LogP contribution in [0.5, 0.6) is 0 Å². The zero-order chi connectivity index (χ0) is 19.2. The van der Waals surface area contributed by atoms with Gasteiger partial charge in [0.25, 0.3) is 0 Å². The smallest absolute Gasteiger partial charge is 0.327 e. The molecule has 6 N–H and O–H groups in total. The summed E-state index contributed by atoms with van der Waals surface area (Å²) in [5, 5.41) is 43.1. The molecule has 0 radical (unpaired) electrons. The fourth-order valence-electron chi connectivity index (χ4n) is 1.43. The van der Waals surface area contributed by atoms with Crippen LogP contribution in [0.3, 0.4) is 0 Å². The van der Waals surface area contributed by atoms with Gasteiger partial charge in [-0.1, -0.05) is 11.8 Å². The standard InChI is InChI=1S/C11H21N3O10S/c15-9(3-1-5-23-13(19)20)12-8(11(17)18)7-25-10(16)4-2-6-24-14(21)22/h8,19-22H,1-7H2,(H,12,15)(H,17,18). The van der Waals surface area contributed by atoms with E-state index < -0.39 is 28.7 Å². The minimum atomic E-state index is -1.30. The lowest BCUT2D eigenvalue weighted by atomic mass is 10.2. The van der Waals surface area contributed by atoms with Crippen LogP contribution in [0.25, 0.3) is 0 Å². The normalized spacial score (nSPS) is 12.4. The molecule has 146 valence electrons. The van der Waals surface area contributed by atoms with E-state index in [0.717, 1.165) is 11.8 Å². The highest BCUT2D eigenvalue weighted by Gasteiger charge is 2.21. The molecule has 0 saturated carbocycles. The first-order chi connectivity index (χ1) is 11.7. The number of nitrogens with zero attached hydrogens (tertiary/aromatic N) is 2. The third kappa shape index (κ3) is 14.7. The van der Waals surface area contributed by atoms with E-state index in [1.807, 2.05) is 0 Å². The van der Waals surface area contributed by atoms with Gasteiger partial charge < -0.3 is 10.4 Å². The molecule has 0 bridgehead atoms. The number of carbonyl (C=O) groups is 3. The molecule has 1 amide bonds. The fraction of sp³-hybridized carbons (Fsp3) is 0.727. The monoisotopic (exact) mass is 387 g/mol. The Morgan fingerprint density at radius 1 is 0.960 bits per heavy atom. The van der Waals surface area contributed by atoms with Crippen LogP contribution >= 0.6 is 11.8 Å². The molecule has 13 nitrogen and oxygen atoms in total. The Kier molecular flexibility index (Phi) is 13.1. The molecular weight excluding hydrogens is 366 g/mol. The predicted molar refractivity (Wildman–Crippen MR) is 78.2 cm³/mol. The molecule has 0 aromatic carbocycles. The molecule has 0 aliphatic rings. The first-order valence-electron chi connectivity index (χ1n) is 7.01. The summed E-state index contributed by atoms with van der Waals surface area (Å²) in [7, 11) is 0. The second kappa shape index (κ2) is 13.9. The molecule has 0 aromatic heterocycles. The third-order valence-corrected chi connectivity index (χ3v) is 3.56. The zero-order valence-electron chi connectivity index (χ0n) is 13.1.